The number of nitrogens with two attached hydrogens (primary N) is 1. The summed E-state index contributed by atoms with van der Waals surface area (Å²) in [5.41, 5.74) is 5.62. The molecule has 0 saturated carbocycles. The molecule has 1 aliphatic heterocycles. The number of nitrogens with zero attached hydrogens (tertiary/aromatic N) is 1. The van der Waals surface area contributed by atoms with Crippen LogP contribution in [-0.4, -0.2) is 43.7 Å². The summed E-state index contributed by atoms with van der Waals surface area (Å²) >= 11 is 0. The molecule has 1 fully saturated rings. The van der Waals surface area contributed by atoms with Gasteiger partial charge in [-0.1, -0.05) is 13.3 Å². The summed E-state index contributed by atoms with van der Waals surface area (Å²) in [7, 11) is 1.86. The number of hydrogen-bond donors (Lipinski definition) is 1. The highest BCUT2D eigenvalue weighted by Crippen LogP contribution is 2.15. The SMILES string of the molecule is CCCC(CN)C(=O)N(C)C1CCOC1. The van der Waals surface area contributed by atoms with Gasteiger partial charge in [0.1, 0.15) is 0 Å². The van der Waals surface area contributed by atoms with Gasteiger partial charge in [0.15, 0.2) is 0 Å². The van der Waals surface area contributed by atoms with Gasteiger partial charge in [-0.05, 0) is 12.8 Å². The Hall–Kier alpha value is -0.610. The number of carbonyl (C=O) groups excluding carboxylic acids is 1. The quantitative estimate of drug-likeness (QED) is 0.729. The van der Waals surface area contributed by atoms with Crippen molar-refractivity contribution in [2.24, 2.45) is 11.7 Å². The van der Waals surface area contributed by atoms with Gasteiger partial charge in [0.05, 0.1) is 18.6 Å². The Bertz CT molecular complexity index is 203. The van der Waals surface area contributed by atoms with Crippen molar-refractivity contribution >= 4 is 5.91 Å². The molecule has 4 heteroatoms. The molecule has 4 nitrogen and oxygen atoms in total. The molecule has 88 valence electrons. The van der Waals surface area contributed by atoms with Crippen LogP contribution in [0.1, 0.15) is 26.2 Å². The molecule has 2 N–H and O–H groups in total. The standard InChI is InChI=1S/C11H22N2O2/c1-3-4-9(7-12)11(14)13(2)10-5-6-15-8-10/h9-10H,3-8,12H2,1-2H3. The van der Waals surface area contributed by atoms with Crippen molar-refractivity contribution in [3.63, 3.8) is 0 Å². The lowest BCUT2D eigenvalue weighted by molar-refractivity contribution is -0.136. The van der Waals surface area contributed by atoms with E-state index >= 15 is 0 Å². The highest BCUT2D eigenvalue weighted by Gasteiger charge is 2.27. The van der Waals surface area contributed by atoms with Gasteiger partial charge in [-0.3, -0.25) is 4.79 Å². The zero-order valence-electron chi connectivity index (χ0n) is 9.74. The van der Waals surface area contributed by atoms with Crippen LogP contribution in [-0.2, 0) is 9.53 Å². The van der Waals surface area contributed by atoms with Crippen molar-refractivity contribution in [1.82, 2.24) is 4.90 Å². The highest BCUT2D eigenvalue weighted by molar-refractivity contribution is 5.79. The number of ether oxygens (including phenoxy) is 1. The fourth-order valence-electron chi connectivity index (χ4n) is 1.99. The van der Waals surface area contributed by atoms with E-state index in [-0.39, 0.29) is 17.9 Å². The average molecular weight is 214 g/mol. The summed E-state index contributed by atoms with van der Waals surface area (Å²) in [4.78, 5) is 13.9. The predicted octanol–water partition coefficient (Wildman–Crippen LogP) is 0.609. The molecule has 1 aliphatic rings. The van der Waals surface area contributed by atoms with Crippen LogP contribution in [0.4, 0.5) is 0 Å². The van der Waals surface area contributed by atoms with Crippen molar-refractivity contribution in [3.05, 3.63) is 0 Å². The van der Waals surface area contributed by atoms with Crippen LogP contribution in [0.25, 0.3) is 0 Å². The third-order valence-electron chi connectivity index (χ3n) is 3.07. The molecule has 0 aliphatic carbocycles. The lowest BCUT2D eigenvalue weighted by atomic mass is 10.0. The van der Waals surface area contributed by atoms with Crippen molar-refractivity contribution in [2.45, 2.75) is 32.2 Å². The molecule has 1 amide bonds. The number of carbonyl (C=O) groups is 1. The Kier molecular flexibility index (Phi) is 5.05. The highest BCUT2D eigenvalue weighted by atomic mass is 16.5. The van der Waals surface area contributed by atoms with Crippen LogP contribution in [0.3, 0.4) is 0 Å². The van der Waals surface area contributed by atoms with E-state index in [0.29, 0.717) is 13.2 Å². The fraction of sp³-hybridized carbons (Fsp3) is 0.909. The largest absolute Gasteiger partial charge is 0.379 e. The Labute approximate surface area is 91.8 Å². The monoisotopic (exact) mass is 214 g/mol. The van der Waals surface area contributed by atoms with E-state index in [1.165, 1.54) is 0 Å². The maximum absolute atomic E-state index is 12.0. The smallest absolute Gasteiger partial charge is 0.227 e. The summed E-state index contributed by atoms with van der Waals surface area (Å²) in [6.07, 6.45) is 2.83. The van der Waals surface area contributed by atoms with E-state index < -0.39 is 0 Å². The first kappa shape index (κ1) is 12.5. The van der Waals surface area contributed by atoms with E-state index in [9.17, 15) is 4.79 Å². The molecule has 0 bridgehead atoms. The molecule has 0 radical (unpaired) electrons. The topological polar surface area (TPSA) is 55.6 Å². The Balaban J connectivity index is 2.48. The Morgan fingerprint density at radius 2 is 2.40 bits per heavy atom. The first-order valence-corrected chi connectivity index (χ1v) is 5.75. The van der Waals surface area contributed by atoms with E-state index in [1.54, 1.807) is 0 Å². The number of hydrogen-bond acceptors (Lipinski definition) is 3. The molecule has 1 saturated heterocycles. The second-order valence-electron chi connectivity index (χ2n) is 4.19. The van der Waals surface area contributed by atoms with Crippen molar-refractivity contribution < 1.29 is 9.53 Å². The summed E-state index contributed by atoms with van der Waals surface area (Å²) in [5.74, 6) is 0.162. The third-order valence-corrected chi connectivity index (χ3v) is 3.07. The molecule has 1 heterocycles. The summed E-state index contributed by atoms with van der Waals surface area (Å²) < 4.78 is 5.28. The van der Waals surface area contributed by atoms with Crippen LogP contribution in [0.2, 0.25) is 0 Å². The second kappa shape index (κ2) is 6.08. The Morgan fingerprint density at radius 1 is 1.67 bits per heavy atom. The summed E-state index contributed by atoms with van der Waals surface area (Å²) in [5, 5.41) is 0. The molecule has 2 unspecified atom stereocenters. The maximum atomic E-state index is 12.0. The molecule has 1 rings (SSSR count). The number of rotatable bonds is 5. The van der Waals surface area contributed by atoms with Gasteiger partial charge in [-0.15, -0.1) is 0 Å². The van der Waals surface area contributed by atoms with Crippen LogP contribution >= 0.6 is 0 Å². The second-order valence-corrected chi connectivity index (χ2v) is 4.19. The number of likely N-dealkylation sites (N-methyl/N-ethyl adjacent to an activating group) is 1. The fourth-order valence-corrected chi connectivity index (χ4v) is 1.99. The normalized spacial score (nSPS) is 22.7. The van der Waals surface area contributed by atoms with Gasteiger partial charge >= 0.3 is 0 Å². The minimum absolute atomic E-state index is 0.0133. The van der Waals surface area contributed by atoms with Crippen LogP contribution in [0, 0.1) is 5.92 Å². The summed E-state index contributed by atoms with van der Waals surface area (Å²) in [6, 6.07) is 0.253. The zero-order chi connectivity index (χ0) is 11.3. The van der Waals surface area contributed by atoms with Crippen LogP contribution in [0.15, 0.2) is 0 Å². The van der Waals surface area contributed by atoms with Crippen LogP contribution < -0.4 is 5.73 Å². The van der Waals surface area contributed by atoms with Gasteiger partial charge in [-0.25, -0.2) is 0 Å². The van der Waals surface area contributed by atoms with Gasteiger partial charge in [-0.2, -0.15) is 0 Å². The van der Waals surface area contributed by atoms with Crippen molar-refractivity contribution in [2.75, 3.05) is 26.8 Å². The minimum atomic E-state index is -0.0133. The lowest BCUT2D eigenvalue weighted by Crippen LogP contribution is -2.43. The average Bonchev–Trinajstić information content (AvgIpc) is 2.77. The van der Waals surface area contributed by atoms with Gasteiger partial charge in [0.2, 0.25) is 5.91 Å². The molecule has 15 heavy (non-hydrogen) atoms. The van der Waals surface area contributed by atoms with E-state index in [4.69, 9.17) is 10.5 Å². The zero-order valence-corrected chi connectivity index (χ0v) is 9.74. The molecule has 0 aromatic rings. The van der Waals surface area contributed by atoms with E-state index in [2.05, 4.69) is 6.92 Å². The molecular weight excluding hydrogens is 192 g/mol. The van der Waals surface area contributed by atoms with Gasteiger partial charge in [0, 0.05) is 20.2 Å². The molecule has 0 aromatic heterocycles. The predicted molar refractivity (Wildman–Crippen MR) is 59.4 cm³/mol. The third kappa shape index (κ3) is 3.18. The van der Waals surface area contributed by atoms with Crippen LogP contribution in [0.5, 0.6) is 0 Å². The molecule has 0 aromatic carbocycles. The first-order chi connectivity index (χ1) is 7.20. The maximum Gasteiger partial charge on any atom is 0.227 e. The molecule has 2 atom stereocenters. The van der Waals surface area contributed by atoms with Gasteiger partial charge < -0.3 is 15.4 Å². The van der Waals surface area contributed by atoms with Crippen molar-refractivity contribution in [3.8, 4) is 0 Å². The Morgan fingerprint density at radius 3 is 2.87 bits per heavy atom. The van der Waals surface area contributed by atoms with E-state index in [0.717, 1.165) is 25.9 Å². The van der Waals surface area contributed by atoms with Gasteiger partial charge in [0.25, 0.3) is 0 Å². The molecular formula is C11H22N2O2. The number of amides is 1. The van der Waals surface area contributed by atoms with Crippen molar-refractivity contribution in [1.29, 1.82) is 0 Å². The first-order valence-electron chi connectivity index (χ1n) is 5.75. The minimum Gasteiger partial charge on any atom is -0.379 e. The molecule has 0 spiro atoms. The van der Waals surface area contributed by atoms with E-state index in [1.807, 2.05) is 11.9 Å². The summed E-state index contributed by atoms with van der Waals surface area (Å²) in [6.45, 7) is 3.97. The lowest BCUT2D eigenvalue weighted by Gasteiger charge is -2.27.